The molecule has 0 aliphatic heterocycles. The Labute approximate surface area is 173 Å². The summed E-state index contributed by atoms with van der Waals surface area (Å²) in [6, 6.07) is 1.84. The number of nitrogens with one attached hydrogen (secondary N) is 2. The van der Waals surface area contributed by atoms with E-state index in [2.05, 4.69) is 27.5 Å². The van der Waals surface area contributed by atoms with Gasteiger partial charge in [0.15, 0.2) is 5.96 Å². The second kappa shape index (κ2) is 9.84. The zero-order valence-electron chi connectivity index (χ0n) is 14.1. The van der Waals surface area contributed by atoms with Crippen LogP contribution in [0.25, 0.3) is 0 Å². The van der Waals surface area contributed by atoms with Crippen LogP contribution in [0.4, 0.5) is 0 Å². The molecule has 0 saturated heterocycles. The first kappa shape index (κ1) is 21.5. The van der Waals surface area contributed by atoms with Crippen molar-refractivity contribution in [3.05, 3.63) is 37.5 Å². The molecule has 0 fully saturated rings. The summed E-state index contributed by atoms with van der Waals surface area (Å²) in [4.78, 5) is 10.3. The van der Waals surface area contributed by atoms with Gasteiger partial charge in [-0.1, -0.05) is 23.2 Å². The van der Waals surface area contributed by atoms with Gasteiger partial charge in [0, 0.05) is 24.2 Å². The van der Waals surface area contributed by atoms with Crippen molar-refractivity contribution in [2.24, 2.45) is 12.0 Å². The second-order valence-electron chi connectivity index (χ2n) is 5.13. The van der Waals surface area contributed by atoms with Crippen LogP contribution < -0.4 is 10.6 Å². The Hall–Kier alpha value is -0.510. The zero-order chi connectivity index (χ0) is 17.0. The van der Waals surface area contributed by atoms with Crippen molar-refractivity contribution in [1.82, 2.24) is 20.2 Å². The summed E-state index contributed by atoms with van der Waals surface area (Å²) in [5.41, 5.74) is 2.04. The average molecular weight is 502 g/mol. The van der Waals surface area contributed by atoms with Gasteiger partial charge in [0.05, 0.1) is 23.8 Å². The topological polar surface area (TPSA) is 54.2 Å². The Balaban J connectivity index is 0.00000288. The maximum Gasteiger partial charge on any atom is 0.191 e. The van der Waals surface area contributed by atoms with E-state index in [-0.39, 0.29) is 24.0 Å². The van der Waals surface area contributed by atoms with Crippen LogP contribution in [-0.4, -0.2) is 22.1 Å². The number of thiazole rings is 1. The van der Waals surface area contributed by atoms with E-state index >= 15 is 0 Å². The second-order valence-corrected chi connectivity index (χ2v) is 7.18. The normalized spacial score (nSPS) is 11.3. The molecular weight excluding hydrogens is 480 g/mol. The molecular formula is C15H22Cl2IN5S. The number of rotatable bonds is 5. The first-order valence-electron chi connectivity index (χ1n) is 7.37. The quantitative estimate of drug-likeness (QED) is 0.365. The predicted molar refractivity (Wildman–Crippen MR) is 114 cm³/mol. The molecule has 2 rings (SSSR count). The number of halogens is 3. The van der Waals surface area contributed by atoms with E-state index in [1.54, 1.807) is 11.3 Å². The van der Waals surface area contributed by atoms with Crippen molar-refractivity contribution in [1.29, 1.82) is 0 Å². The molecule has 0 aliphatic rings. The Kier molecular flexibility index (Phi) is 8.83. The molecule has 24 heavy (non-hydrogen) atoms. The number of aliphatic imine (C=N–C) groups is 1. The van der Waals surface area contributed by atoms with Crippen molar-refractivity contribution in [2.75, 3.05) is 6.54 Å². The van der Waals surface area contributed by atoms with Crippen molar-refractivity contribution in [3.63, 3.8) is 0 Å². The Morgan fingerprint density at radius 2 is 2.04 bits per heavy atom. The summed E-state index contributed by atoms with van der Waals surface area (Å²) in [6.45, 7) is 8.08. The van der Waals surface area contributed by atoms with Gasteiger partial charge in [-0.15, -0.1) is 35.3 Å². The number of nitrogens with zero attached hydrogens (tertiary/aromatic N) is 3. The molecule has 0 bridgehead atoms. The lowest BCUT2D eigenvalue weighted by Crippen LogP contribution is -2.36. The molecule has 5 nitrogen and oxygen atoms in total. The molecule has 2 aromatic rings. The predicted octanol–water partition coefficient (Wildman–Crippen LogP) is 4.28. The lowest BCUT2D eigenvalue weighted by Gasteiger charge is -2.10. The number of hydrogen-bond acceptors (Lipinski definition) is 3. The minimum Gasteiger partial charge on any atom is -0.357 e. The van der Waals surface area contributed by atoms with E-state index in [0.717, 1.165) is 28.9 Å². The van der Waals surface area contributed by atoms with E-state index in [4.69, 9.17) is 23.2 Å². The molecule has 0 spiro atoms. The third-order valence-corrected chi connectivity index (χ3v) is 5.35. The van der Waals surface area contributed by atoms with Crippen LogP contribution in [0.15, 0.2) is 11.1 Å². The molecule has 2 N–H and O–H groups in total. The molecule has 0 unspecified atom stereocenters. The fourth-order valence-electron chi connectivity index (χ4n) is 2.02. The molecule has 2 heterocycles. The van der Waals surface area contributed by atoms with Gasteiger partial charge in [0.25, 0.3) is 0 Å². The molecule has 0 saturated carbocycles. The number of guanidine groups is 1. The van der Waals surface area contributed by atoms with Gasteiger partial charge >= 0.3 is 0 Å². The molecule has 134 valence electrons. The summed E-state index contributed by atoms with van der Waals surface area (Å²) in [5, 5.41) is 8.66. The highest BCUT2D eigenvalue weighted by atomic mass is 127. The fraction of sp³-hybridized carbons (Fsp3) is 0.467. The third-order valence-electron chi connectivity index (χ3n) is 3.44. The summed E-state index contributed by atoms with van der Waals surface area (Å²) >= 11 is 13.8. The van der Waals surface area contributed by atoms with Gasteiger partial charge in [-0.3, -0.25) is 0 Å². The van der Waals surface area contributed by atoms with Crippen LogP contribution in [0.3, 0.4) is 0 Å². The van der Waals surface area contributed by atoms with Crippen molar-refractivity contribution in [2.45, 2.75) is 33.9 Å². The minimum absolute atomic E-state index is 0. The van der Waals surface area contributed by atoms with Crippen molar-refractivity contribution in [3.8, 4) is 0 Å². The fourth-order valence-corrected chi connectivity index (χ4v) is 3.31. The van der Waals surface area contributed by atoms with Crippen LogP contribution >= 0.6 is 58.5 Å². The van der Waals surface area contributed by atoms with Gasteiger partial charge < -0.3 is 15.2 Å². The van der Waals surface area contributed by atoms with E-state index in [1.807, 2.05) is 31.5 Å². The number of aryl methyl sites for hydroxylation is 2. The maximum absolute atomic E-state index is 6.08. The molecule has 0 aliphatic carbocycles. The highest BCUT2D eigenvalue weighted by molar-refractivity contribution is 14.0. The van der Waals surface area contributed by atoms with Crippen LogP contribution in [0.2, 0.25) is 10.2 Å². The Morgan fingerprint density at radius 1 is 1.33 bits per heavy atom. The van der Waals surface area contributed by atoms with Crippen LogP contribution in [0, 0.1) is 13.8 Å². The smallest absolute Gasteiger partial charge is 0.191 e. The molecule has 9 heteroatoms. The average Bonchev–Trinajstić information content (AvgIpc) is 2.96. The van der Waals surface area contributed by atoms with Crippen LogP contribution in [-0.2, 0) is 20.1 Å². The van der Waals surface area contributed by atoms with E-state index in [0.29, 0.717) is 23.3 Å². The molecule has 0 aromatic carbocycles. The van der Waals surface area contributed by atoms with Gasteiger partial charge in [-0.2, -0.15) is 0 Å². The Morgan fingerprint density at radius 3 is 2.54 bits per heavy atom. The Bertz CT molecular complexity index is 692. The largest absolute Gasteiger partial charge is 0.357 e. The van der Waals surface area contributed by atoms with E-state index in [9.17, 15) is 0 Å². The maximum atomic E-state index is 6.08. The molecule has 2 aromatic heterocycles. The van der Waals surface area contributed by atoms with Crippen molar-refractivity contribution < 1.29 is 0 Å². The lowest BCUT2D eigenvalue weighted by molar-refractivity contribution is 0.784. The van der Waals surface area contributed by atoms with E-state index < -0.39 is 0 Å². The van der Waals surface area contributed by atoms with Gasteiger partial charge in [-0.05, 0) is 26.8 Å². The van der Waals surface area contributed by atoms with Gasteiger partial charge in [0.2, 0.25) is 0 Å². The standard InChI is InChI=1S/C15H21Cl2N5S.HI/c1-5-18-15(20-8-13-21-9(2)10(3)23-13)19-7-11-6-12(16)14(17)22(11)4;/h6H,5,7-8H2,1-4H3,(H2,18,19,20);1H. The van der Waals surface area contributed by atoms with Crippen molar-refractivity contribution >= 4 is 64.5 Å². The summed E-state index contributed by atoms with van der Waals surface area (Å²) in [6.07, 6.45) is 0. The molecule has 0 amide bonds. The van der Waals surface area contributed by atoms with Crippen LogP contribution in [0.1, 0.15) is 28.2 Å². The summed E-state index contributed by atoms with van der Waals surface area (Å²) in [7, 11) is 1.88. The molecule has 0 radical (unpaired) electrons. The highest BCUT2D eigenvalue weighted by Gasteiger charge is 2.09. The highest BCUT2D eigenvalue weighted by Crippen LogP contribution is 2.25. The van der Waals surface area contributed by atoms with Gasteiger partial charge in [-0.25, -0.2) is 9.98 Å². The number of hydrogen-bond donors (Lipinski definition) is 2. The van der Waals surface area contributed by atoms with Gasteiger partial charge in [0.1, 0.15) is 10.2 Å². The lowest BCUT2D eigenvalue weighted by atomic mass is 10.4. The van der Waals surface area contributed by atoms with E-state index in [1.165, 1.54) is 4.88 Å². The first-order valence-corrected chi connectivity index (χ1v) is 8.94. The summed E-state index contributed by atoms with van der Waals surface area (Å²) in [5.74, 6) is 0.742. The first-order chi connectivity index (χ1) is 10.9. The number of aromatic nitrogens is 2. The third kappa shape index (κ3) is 5.50. The zero-order valence-corrected chi connectivity index (χ0v) is 18.8. The minimum atomic E-state index is 0. The monoisotopic (exact) mass is 501 g/mol. The molecule has 0 atom stereocenters. The SMILES string of the molecule is CCNC(=NCc1cc(Cl)c(Cl)n1C)NCc1nc(C)c(C)s1.I. The summed E-state index contributed by atoms with van der Waals surface area (Å²) < 4.78 is 1.84. The van der Waals surface area contributed by atoms with Crippen LogP contribution in [0.5, 0.6) is 0 Å².